The monoisotopic (exact) mass is 463 g/mol. The van der Waals surface area contributed by atoms with E-state index in [2.05, 4.69) is 27.8 Å². The van der Waals surface area contributed by atoms with Crippen LogP contribution in [-0.2, 0) is 11.2 Å². The molecule has 1 aromatic carbocycles. The number of carbonyl (C=O) groups excluding carboxylic acids is 1. The molecule has 1 aliphatic heterocycles. The number of hydrogen-bond acceptors (Lipinski definition) is 4. The Bertz CT molecular complexity index is 726. The fraction of sp³-hybridized carbons (Fsp3) is 0.444. The molecule has 1 fully saturated rings. The SMILES string of the molecule is CC1CC(CN)CN1C(=O)CCc1ncc(-c2ccccc2Br)o1.Cl.Cl. The summed E-state index contributed by atoms with van der Waals surface area (Å²) in [7, 11) is 0. The van der Waals surface area contributed by atoms with Crippen LogP contribution in [0.5, 0.6) is 0 Å². The molecule has 5 nitrogen and oxygen atoms in total. The zero-order valence-corrected chi connectivity index (χ0v) is 17.8. The van der Waals surface area contributed by atoms with E-state index in [4.69, 9.17) is 10.2 Å². The van der Waals surface area contributed by atoms with Crippen LogP contribution in [0, 0.1) is 5.92 Å². The molecule has 1 amide bonds. The molecular formula is C18H24BrCl2N3O2. The number of nitrogens with zero attached hydrogens (tertiary/aromatic N) is 2. The van der Waals surface area contributed by atoms with Crippen molar-refractivity contribution in [3.05, 3.63) is 40.8 Å². The molecule has 2 unspecified atom stereocenters. The van der Waals surface area contributed by atoms with Gasteiger partial charge in [-0.2, -0.15) is 0 Å². The van der Waals surface area contributed by atoms with E-state index in [0.717, 1.165) is 23.0 Å². The van der Waals surface area contributed by atoms with Gasteiger partial charge in [-0.05, 0) is 31.9 Å². The van der Waals surface area contributed by atoms with Crippen molar-refractivity contribution in [2.45, 2.75) is 32.2 Å². The Kier molecular flexibility index (Phi) is 9.10. The van der Waals surface area contributed by atoms with Crippen LogP contribution < -0.4 is 5.73 Å². The number of aromatic nitrogens is 1. The van der Waals surface area contributed by atoms with E-state index in [1.165, 1.54) is 0 Å². The second kappa shape index (κ2) is 10.3. The normalized spacial score (nSPS) is 19.0. The first-order chi connectivity index (χ1) is 11.6. The van der Waals surface area contributed by atoms with Crippen molar-refractivity contribution < 1.29 is 9.21 Å². The van der Waals surface area contributed by atoms with E-state index in [1.54, 1.807) is 6.20 Å². The Balaban J connectivity index is 0.00000169. The third-order valence-corrected chi connectivity index (χ3v) is 5.25. The van der Waals surface area contributed by atoms with E-state index in [0.29, 0.717) is 37.0 Å². The van der Waals surface area contributed by atoms with Crippen molar-refractivity contribution in [2.75, 3.05) is 13.1 Å². The highest BCUT2D eigenvalue weighted by Crippen LogP contribution is 2.29. The second-order valence-electron chi connectivity index (χ2n) is 6.33. The van der Waals surface area contributed by atoms with Gasteiger partial charge in [0, 0.05) is 35.5 Å². The summed E-state index contributed by atoms with van der Waals surface area (Å²) in [6, 6.07) is 8.11. The van der Waals surface area contributed by atoms with Crippen LogP contribution >= 0.6 is 40.7 Å². The van der Waals surface area contributed by atoms with Crippen molar-refractivity contribution in [1.82, 2.24) is 9.88 Å². The third-order valence-electron chi connectivity index (χ3n) is 4.56. The number of rotatable bonds is 5. The van der Waals surface area contributed by atoms with E-state index < -0.39 is 0 Å². The van der Waals surface area contributed by atoms with Crippen LogP contribution in [0.3, 0.4) is 0 Å². The molecule has 144 valence electrons. The lowest BCUT2D eigenvalue weighted by Crippen LogP contribution is -2.34. The van der Waals surface area contributed by atoms with Crippen molar-refractivity contribution in [2.24, 2.45) is 11.7 Å². The summed E-state index contributed by atoms with van der Waals surface area (Å²) in [6.07, 6.45) is 3.63. The van der Waals surface area contributed by atoms with Gasteiger partial charge in [-0.1, -0.05) is 34.1 Å². The standard InChI is InChI=1S/C18H22BrN3O2.2ClH/c1-12-8-13(9-20)11-22(12)18(23)7-6-17-21-10-16(24-17)14-4-2-3-5-15(14)19;;/h2-5,10,12-13H,6-9,11,20H2,1H3;2*1H. The summed E-state index contributed by atoms with van der Waals surface area (Å²) in [4.78, 5) is 18.7. The van der Waals surface area contributed by atoms with Crippen LogP contribution in [0.15, 0.2) is 39.4 Å². The van der Waals surface area contributed by atoms with Gasteiger partial charge in [0.2, 0.25) is 5.91 Å². The first-order valence-electron chi connectivity index (χ1n) is 8.27. The average Bonchev–Trinajstić information content (AvgIpc) is 3.19. The number of benzene rings is 1. The van der Waals surface area contributed by atoms with E-state index >= 15 is 0 Å². The fourth-order valence-corrected chi connectivity index (χ4v) is 3.71. The minimum atomic E-state index is 0. The van der Waals surface area contributed by atoms with Gasteiger partial charge in [0.15, 0.2) is 11.7 Å². The van der Waals surface area contributed by atoms with Crippen LogP contribution in [0.2, 0.25) is 0 Å². The number of likely N-dealkylation sites (tertiary alicyclic amines) is 1. The van der Waals surface area contributed by atoms with Gasteiger partial charge >= 0.3 is 0 Å². The Hall–Kier alpha value is -1.08. The van der Waals surface area contributed by atoms with E-state index in [9.17, 15) is 4.79 Å². The zero-order chi connectivity index (χ0) is 17.1. The molecule has 1 aromatic heterocycles. The molecule has 8 heteroatoms. The number of nitrogens with two attached hydrogens (primary N) is 1. The predicted octanol–water partition coefficient (Wildman–Crippen LogP) is 4.08. The predicted molar refractivity (Wildman–Crippen MR) is 111 cm³/mol. The lowest BCUT2D eigenvalue weighted by molar-refractivity contribution is -0.131. The van der Waals surface area contributed by atoms with Gasteiger partial charge in [0.05, 0.1) is 6.20 Å². The molecule has 1 saturated heterocycles. The molecular weight excluding hydrogens is 441 g/mol. The molecule has 0 radical (unpaired) electrons. The largest absolute Gasteiger partial charge is 0.441 e. The third kappa shape index (κ3) is 5.22. The summed E-state index contributed by atoms with van der Waals surface area (Å²) < 4.78 is 6.76. The fourth-order valence-electron chi connectivity index (χ4n) is 3.23. The maximum atomic E-state index is 12.4. The van der Waals surface area contributed by atoms with Crippen LogP contribution in [0.1, 0.15) is 25.7 Å². The Labute approximate surface area is 174 Å². The number of halogens is 3. The van der Waals surface area contributed by atoms with Gasteiger partial charge in [-0.15, -0.1) is 24.8 Å². The zero-order valence-electron chi connectivity index (χ0n) is 14.6. The van der Waals surface area contributed by atoms with Crippen molar-refractivity contribution in [1.29, 1.82) is 0 Å². The van der Waals surface area contributed by atoms with Gasteiger partial charge in [0.1, 0.15) is 0 Å². The van der Waals surface area contributed by atoms with Crippen LogP contribution in [-0.4, -0.2) is 34.9 Å². The number of hydrogen-bond donors (Lipinski definition) is 1. The molecule has 2 aromatic rings. The first kappa shape index (κ1) is 23.0. The Morgan fingerprint density at radius 3 is 2.77 bits per heavy atom. The Morgan fingerprint density at radius 1 is 1.38 bits per heavy atom. The molecule has 1 aliphatic rings. The average molecular weight is 465 g/mol. The highest BCUT2D eigenvalue weighted by molar-refractivity contribution is 9.10. The molecule has 2 N–H and O–H groups in total. The van der Waals surface area contributed by atoms with Crippen molar-refractivity contribution in [3.8, 4) is 11.3 Å². The maximum absolute atomic E-state index is 12.4. The minimum absolute atomic E-state index is 0. The van der Waals surface area contributed by atoms with E-state index in [-0.39, 0.29) is 36.8 Å². The molecule has 0 bridgehead atoms. The molecule has 26 heavy (non-hydrogen) atoms. The van der Waals surface area contributed by atoms with Crippen molar-refractivity contribution in [3.63, 3.8) is 0 Å². The molecule has 2 atom stereocenters. The number of aryl methyl sites for hydroxylation is 1. The highest BCUT2D eigenvalue weighted by atomic mass is 79.9. The summed E-state index contributed by atoms with van der Waals surface area (Å²) in [5.74, 6) is 1.88. The number of oxazole rings is 1. The molecule has 0 saturated carbocycles. The second-order valence-corrected chi connectivity index (χ2v) is 7.18. The van der Waals surface area contributed by atoms with Gasteiger partial charge in [0.25, 0.3) is 0 Å². The molecule has 3 rings (SSSR count). The minimum Gasteiger partial charge on any atom is -0.441 e. The summed E-state index contributed by atoms with van der Waals surface area (Å²) >= 11 is 3.51. The number of amides is 1. The van der Waals surface area contributed by atoms with Gasteiger partial charge in [-0.25, -0.2) is 4.98 Å². The highest BCUT2D eigenvalue weighted by Gasteiger charge is 2.31. The topological polar surface area (TPSA) is 72.4 Å². The summed E-state index contributed by atoms with van der Waals surface area (Å²) in [5, 5.41) is 0. The van der Waals surface area contributed by atoms with E-state index in [1.807, 2.05) is 29.2 Å². The first-order valence-corrected chi connectivity index (χ1v) is 9.07. The molecule has 2 heterocycles. The Morgan fingerprint density at radius 2 is 2.12 bits per heavy atom. The van der Waals surface area contributed by atoms with Gasteiger partial charge < -0.3 is 15.1 Å². The smallest absolute Gasteiger partial charge is 0.223 e. The van der Waals surface area contributed by atoms with Gasteiger partial charge in [-0.3, -0.25) is 4.79 Å². The maximum Gasteiger partial charge on any atom is 0.223 e. The van der Waals surface area contributed by atoms with Crippen LogP contribution in [0.25, 0.3) is 11.3 Å². The number of carbonyl (C=O) groups is 1. The quantitative estimate of drug-likeness (QED) is 0.723. The molecule has 0 spiro atoms. The summed E-state index contributed by atoms with van der Waals surface area (Å²) in [5.41, 5.74) is 6.69. The van der Waals surface area contributed by atoms with Crippen LogP contribution in [0.4, 0.5) is 0 Å². The molecule has 0 aliphatic carbocycles. The lowest BCUT2D eigenvalue weighted by Gasteiger charge is -2.21. The lowest BCUT2D eigenvalue weighted by atomic mass is 10.1. The summed E-state index contributed by atoms with van der Waals surface area (Å²) in [6.45, 7) is 3.50. The van der Waals surface area contributed by atoms with Crippen molar-refractivity contribution >= 4 is 46.7 Å².